The molecule has 1 aliphatic carbocycles. The van der Waals surface area contributed by atoms with Gasteiger partial charge in [-0.3, -0.25) is 14.6 Å². The largest absolute Gasteiger partial charge is 0.378 e. The quantitative estimate of drug-likeness (QED) is 0.766. The zero-order chi connectivity index (χ0) is 20.8. The summed E-state index contributed by atoms with van der Waals surface area (Å²) in [5.41, 5.74) is 2.68. The average Bonchev–Trinajstić information content (AvgIpc) is 3.34. The van der Waals surface area contributed by atoms with Crippen LogP contribution in [0.15, 0.2) is 29.4 Å². The van der Waals surface area contributed by atoms with E-state index in [1.165, 1.54) is 11.3 Å². The van der Waals surface area contributed by atoms with E-state index in [4.69, 9.17) is 4.74 Å². The SMILES string of the molecule is O=C(NC1(C#Cc2cncc(C(=O)N3CCOCC3)c2)CCCCC1)c1cscn1. The van der Waals surface area contributed by atoms with E-state index < -0.39 is 5.54 Å². The second-order valence-corrected chi connectivity index (χ2v) is 8.31. The molecule has 2 aromatic heterocycles. The molecule has 0 atom stereocenters. The molecule has 0 radical (unpaired) electrons. The normalized spacial score (nSPS) is 18.2. The van der Waals surface area contributed by atoms with Gasteiger partial charge in [0.15, 0.2) is 0 Å². The molecule has 1 N–H and O–H groups in total. The summed E-state index contributed by atoms with van der Waals surface area (Å²) in [6.45, 7) is 2.28. The Balaban J connectivity index is 1.53. The van der Waals surface area contributed by atoms with Gasteiger partial charge in [-0.25, -0.2) is 4.98 Å². The highest BCUT2D eigenvalue weighted by Crippen LogP contribution is 2.28. The van der Waals surface area contributed by atoms with E-state index >= 15 is 0 Å². The van der Waals surface area contributed by atoms with Crippen molar-refractivity contribution in [2.45, 2.75) is 37.6 Å². The smallest absolute Gasteiger partial charge is 0.271 e. The standard InChI is InChI=1S/C22H24N4O3S/c27-20(19-15-30-16-24-19)25-22(5-2-1-3-6-22)7-4-17-12-18(14-23-13-17)21(28)26-8-10-29-11-9-26/h12-16H,1-3,5-6,8-11H2,(H,25,27). The maximum Gasteiger partial charge on any atom is 0.271 e. The third-order valence-corrected chi connectivity index (χ3v) is 6.04. The highest BCUT2D eigenvalue weighted by Gasteiger charge is 2.32. The Kier molecular flexibility index (Phi) is 6.41. The molecule has 0 aromatic carbocycles. The van der Waals surface area contributed by atoms with Crippen molar-refractivity contribution in [3.05, 3.63) is 46.2 Å². The van der Waals surface area contributed by atoms with Crippen LogP contribution in [0.4, 0.5) is 0 Å². The Bertz CT molecular complexity index is 952. The highest BCUT2D eigenvalue weighted by molar-refractivity contribution is 7.07. The van der Waals surface area contributed by atoms with E-state index in [9.17, 15) is 9.59 Å². The van der Waals surface area contributed by atoms with Crippen LogP contribution in [0.1, 0.15) is 58.5 Å². The van der Waals surface area contributed by atoms with E-state index in [1.54, 1.807) is 34.3 Å². The van der Waals surface area contributed by atoms with Crippen LogP contribution in [0.2, 0.25) is 0 Å². The Morgan fingerprint density at radius 3 is 2.70 bits per heavy atom. The molecule has 1 aliphatic heterocycles. The Labute approximate surface area is 179 Å². The summed E-state index contributed by atoms with van der Waals surface area (Å²) in [5, 5.41) is 4.86. The van der Waals surface area contributed by atoms with Crippen molar-refractivity contribution in [1.82, 2.24) is 20.2 Å². The van der Waals surface area contributed by atoms with Crippen molar-refractivity contribution < 1.29 is 14.3 Å². The zero-order valence-electron chi connectivity index (χ0n) is 16.7. The van der Waals surface area contributed by atoms with E-state index in [0.29, 0.717) is 43.1 Å². The fraction of sp³-hybridized carbons (Fsp3) is 0.455. The number of nitrogens with one attached hydrogen (secondary N) is 1. The first kappa shape index (κ1) is 20.5. The fourth-order valence-electron chi connectivity index (χ4n) is 3.81. The maximum absolute atomic E-state index is 12.7. The summed E-state index contributed by atoms with van der Waals surface area (Å²) in [6.07, 6.45) is 8.00. The van der Waals surface area contributed by atoms with E-state index in [-0.39, 0.29) is 11.8 Å². The van der Waals surface area contributed by atoms with Crippen molar-refractivity contribution >= 4 is 23.2 Å². The predicted octanol–water partition coefficient (Wildman–Crippen LogP) is 2.49. The van der Waals surface area contributed by atoms with Crippen LogP contribution in [-0.4, -0.2) is 58.5 Å². The number of thiazole rings is 1. The highest BCUT2D eigenvalue weighted by atomic mass is 32.1. The molecular formula is C22H24N4O3S. The minimum Gasteiger partial charge on any atom is -0.378 e. The number of rotatable bonds is 3. The van der Waals surface area contributed by atoms with Gasteiger partial charge in [0.05, 0.1) is 24.3 Å². The van der Waals surface area contributed by atoms with Crippen molar-refractivity contribution in [3.8, 4) is 11.8 Å². The lowest BCUT2D eigenvalue weighted by Gasteiger charge is -2.33. The molecule has 0 bridgehead atoms. The average molecular weight is 425 g/mol. The number of aromatic nitrogens is 2. The van der Waals surface area contributed by atoms with E-state index in [1.807, 2.05) is 0 Å². The topological polar surface area (TPSA) is 84.4 Å². The van der Waals surface area contributed by atoms with E-state index in [0.717, 1.165) is 32.1 Å². The molecule has 0 spiro atoms. The van der Waals surface area contributed by atoms with Gasteiger partial charge < -0.3 is 15.0 Å². The van der Waals surface area contributed by atoms with Gasteiger partial charge in [-0.2, -0.15) is 0 Å². The summed E-state index contributed by atoms with van der Waals surface area (Å²) in [4.78, 5) is 35.4. The number of amides is 2. The van der Waals surface area contributed by atoms with Gasteiger partial charge in [-0.1, -0.05) is 31.1 Å². The molecule has 2 aliphatic rings. The molecule has 8 heteroatoms. The lowest BCUT2D eigenvalue weighted by Crippen LogP contribution is -2.48. The van der Waals surface area contributed by atoms with Gasteiger partial charge in [0.1, 0.15) is 11.2 Å². The van der Waals surface area contributed by atoms with Gasteiger partial charge in [0, 0.05) is 36.4 Å². The fourth-order valence-corrected chi connectivity index (χ4v) is 4.34. The molecular weight excluding hydrogens is 400 g/mol. The number of hydrogen-bond donors (Lipinski definition) is 1. The van der Waals surface area contributed by atoms with Gasteiger partial charge in [-0.15, -0.1) is 11.3 Å². The molecule has 2 aromatic rings. The molecule has 2 fully saturated rings. The van der Waals surface area contributed by atoms with Crippen molar-refractivity contribution in [1.29, 1.82) is 0 Å². The van der Waals surface area contributed by atoms with Crippen molar-refractivity contribution in [3.63, 3.8) is 0 Å². The lowest BCUT2D eigenvalue weighted by atomic mass is 9.82. The van der Waals surface area contributed by atoms with Crippen molar-refractivity contribution in [2.75, 3.05) is 26.3 Å². The molecule has 1 saturated carbocycles. The molecule has 4 rings (SSSR count). The molecule has 7 nitrogen and oxygen atoms in total. The summed E-state index contributed by atoms with van der Waals surface area (Å²) in [5.74, 6) is 6.21. The maximum atomic E-state index is 12.7. The van der Waals surface area contributed by atoms with E-state index in [2.05, 4.69) is 27.1 Å². The monoisotopic (exact) mass is 424 g/mol. The third-order valence-electron chi connectivity index (χ3n) is 5.45. The first-order valence-corrected chi connectivity index (χ1v) is 11.2. The molecule has 156 valence electrons. The third kappa shape index (κ3) is 4.86. The van der Waals surface area contributed by atoms with Crippen LogP contribution in [0.3, 0.4) is 0 Å². The lowest BCUT2D eigenvalue weighted by molar-refractivity contribution is 0.0302. The van der Waals surface area contributed by atoms with Crippen molar-refractivity contribution in [2.24, 2.45) is 0 Å². The second-order valence-electron chi connectivity index (χ2n) is 7.59. The Morgan fingerprint density at radius 1 is 1.17 bits per heavy atom. The first-order valence-electron chi connectivity index (χ1n) is 10.2. The summed E-state index contributed by atoms with van der Waals surface area (Å²) in [6, 6.07) is 1.77. The van der Waals surface area contributed by atoms with Gasteiger partial charge in [0.25, 0.3) is 11.8 Å². The number of ether oxygens (including phenoxy) is 1. The number of hydrogen-bond acceptors (Lipinski definition) is 6. The van der Waals surface area contributed by atoms with Gasteiger partial charge >= 0.3 is 0 Å². The molecule has 30 heavy (non-hydrogen) atoms. The van der Waals surface area contributed by atoms with Crippen LogP contribution in [0.25, 0.3) is 0 Å². The first-order chi connectivity index (χ1) is 14.7. The summed E-state index contributed by atoms with van der Waals surface area (Å²) >= 11 is 1.40. The number of morpholine rings is 1. The van der Waals surface area contributed by atoms with Crippen LogP contribution < -0.4 is 5.32 Å². The Hall–Kier alpha value is -2.76. The summed E-state index contributed by atoms with van der Waals surface area (Å²) < 4.78 is 5.31. The predicted molar refractivity (Wildman–Crippen MR) is 113 cm³/mol. The van der Waals surface area contributed by atoms with Crippen LogP contribution in [-0.2, 0) is 4.74 Å². The van der Waals surface area contributed by atoms with Crippen LogP contribution >= 0.6 is 11.3 Å². The zero-order valence-corrected chi connectivity index (χ0v) is 17.5. The van der Waals surface area contributed by atoms with Crippen LogP contribution in [0.5, 0.6) is 0 Å². The number of pyridine rings is 1. The molecule has 3 heterocycles. The summed E-state index contributed by atoms with van der Waals surface area (Å²) in [7, 11) is 0. The van der Waals surface area contributed by atoms with Gasteiger partial charge in [-0.05, 0) is 18.9 Å². The number of nitrogens with zero attached hydrogens (tertiary/aromatic N) is 3. The minimum atomic E-state index is -0.580. The minimum absolute atomic E-state index is 0.0568. The molecule has 1 saturated heterocycles. The second kappa shape index (κ2) is 9.37. The van der Waals surface area contributed by atoms with Crippen LogP contribution in [0, 0.1) is 11.8 Å². The number of carbonyl (C=O) groups excluding carboxylic acids is 2. The molecule has 0 unspecified atom stereocenters. The Morgan fingerprint density at radius 2 is 1.97 bits per heavy atom. The molecule has 2 amide bonds. The van der Waals surface area contributed by atoms with Gasteiger partial charge in [0.2, 0.25) is 0 Å². The number of carbonyl (C=O) groups is 2.